The van der Waals surface area contributed by atoms with E-state index in [2.05, 4.69) is 4.98 Å². The van der Waals surface area contributed by atoms with Crippen LogP contribution in [-0.2, 0) is 11.2 Å². The number of para-hydroxylation sites is 1. The third-order valence-corrected chi connectivity index (χ3v) is 3.17. The SMILES string of the molecule is COCC(O)Cc1nc2ccccc2s1. The Kier molecular flexibility index (Phi) is 3.30. The molecule has 2 aromatic rings. The lowest BCUT2D eigenvalue weighted by Gasteiger charge is -2.05. The predicted molar refractivity (Wildman–Crippen MR) is 61.2 cm³/mol. The zero-order valence-corrected chi connectivity index (χ0v) is 9.33. The van der Waals surface area contributed by atoms with Crippen LogP contribution in [0.4, 0.5) is 0 Å². The molecule has 1 unspecified atom stereocenters. The number of thiazole rings is 1. The molecular formula is C11H13NO2S. The van der Waals surface area contributed by atoms with E-state index in [0.717, 1.165) is 15.2 Å². The molecule has 0 radical (unpaired) electrons. The molecule has 80 valence electrons. The highest BCUT2D eigenvalue weighted by molar-refractivity contribution is 7.18. The van der Waals surface area contributed by atoms with Crippen molar-refractivity contribution in [2.75, 3.05) is 13.7 Å². The van der Waals surface area contributed by atoms with Crippen molar-refractivity contribution < 1.29 is 9.84 Å². The summed E-state index contributed by atoms with van der Waals surface area (Å²) in [6.07, 6.45) is 0.100. The van der Waals surface area contributed by atoms with Crippen LogP contribution >= 0.6 is 11.3 Å². The molecule has 0 fully saturated rings. The third kappa shape index (κ3) is 2.53. The van der Waals surface area contributed by atoms with Crippen molar-refractivity contribution in [1.29, 1.82) is 0 Å². The second-order valence-electron chi connectivity index (χ2n) is 3.39. The molecule has 0 aliphatic carbocycles. The Morgan fingerprint density at radius 2 is 2.27 bits per heavy atom. The number of aliphatic hydroxyl groups is 1. The summed E-state index contributed by atoms with van der Waals surface area (Å²) in [5, 5.41) is 10.5. The van der Waals surface area contributed by atoms with Crippen LogP contribution in [0.3, 0.4) is 0 Å². The number of hydrogen-bond donors (Lipinski definition) is 1. The number of ether oxygens (including phenoxy) is 1. The van der Waals surface area contributed by atoms with Gasteiger partial charge < -0.3 is 9.84 Å². The Hall–Kier alpha value is -0.970. The Bertz CT molecular complexity index is 408. The first-order valence-electron chi connectivity index (χ1n) is 4.81. The molecule has 0 saturated carbocycles. The number of aromatic nitrogens is 1. The molecule has 0 spiro atoms. The van der Waals surface area contributed by atoms with Gasteiger partial charge in [0.15, 0.2) is 0 Å². The summed E-state index contributed by atoms with van der Waals surface area (Å²) in [5.74, 6) is 0. The molecule has 1 aromatic heterocycles. The van der Waals surface area contributed by atoms with Gasteiger partial charge in [0.2, 0.25) is 0 Å². The van der Waals surface area contributed by atoms with Crippen LogP contribution in [0.1, 0.15) is 5.01 Å². The smallest absolute Gasteiger partial charge is 0.0965 e. The summed E-state index contributed by atoms with van der Waals surface area (Å²) in [7, 11) is 1.58. The van der Waals surface area contributed by atoms with E-state index in [1.54, 1.807) is 18.4 Å². The van der Waals surface area contributed by atoms with Crippen LogP contribution in [0.15, 0.2) is 24.3 Å². The number of methoxy groups -OCH3 is 1. The van der Waals surface area contributed by atoms with Gasteiger partial charge in [-0.1, -0.05) is 12.1 Å². The average molecular weight is 223 g/mol. The Labute approximate surface area is 92.3 Å². The van der Waals surface area contributed by atoms with Crippen molar-refractivity contribution in [2.45, 2.75) is 12.5 Å². The van der Waals surface area contributed by atoms with E-state index < -0.39 is 6.10 Å². The fourth-order valence-corrected chi connectivity index (χ4v) is 2.50. The van der Waals surface area contributed by atoms with Crippen molar-refractivity contribution in [1.82, 2.24) is 4.98 Å². The summed E-state index contributed by atoms with van der Waals surface area (Å²) < 4.78 is 6.04. The molecule has 0 amide bonds. The minimum atomic E-state index is -0.462. The maximum atomic E-state index is 9.57. The van der Waals surface area contributed by atoms with E-state index in [1.165, 1.54) is 0 Å². The van der Waals surface area contributed by atoms with Gasteiger partial charge in [-0.3, -0.25) is 0 Å². The molecule has 1 N–H and O–H groups in total. The van der Waals surface area contributed by atoms with Crippen molar-refractivity contribution in [3.63, 3.8) is 0 Å². The first kappa shape index (κ1) is 10.5. The van der Waals surface area contributed by atoms with Gasteiger partial charge in [0.05, 0.1) is 27.9 Å². The number of rotatable bonds is 4. The van der Waals surface area contributed by atoms with E-state index in [1.807, 2.05) is 24.3 Å². The van der Waals surface area contributed by atoms with E-state index in [0.29, 0.717) is 13.0 Å². The summed E-state index contributed by atoms with van der Waals surface area (Å²) in [5.41, 5.74) is 1.00. The summed E-state index contributed by atoms with van der Waals surface area (Å²) in [6, 6.07) is 7.99. The second-order valence-corrected chi connectivity index (χ2v) is 4.50. The maximum Gasteiger partial charge on any atom is 0.0965 e. The van der Waals surface area contributed by atoms with Gasteiger partial charge in [0, 0.05) is 13.5 Å². The zero-order valence-electron chi connectivity index (χ0n) is 8.51. The molecule has 3 nitrogen and oxygen atoms in total. The molecule has 0 aliphatic rings. The molecule has 0 saturated heterocycles. The van der Waals surface area contributed by atoms with Crippen molar-refractivity contribution in [2.24, 2.45) is 0 Å². The van der Waals surface area contributed by atoms with Gasteiger partial charge in [-0.25, -0.2) is 4.98 Å². The monoisotopic (exact) mass is 223 g/mol. The standard InChI is InChI=1S/C11H13NO2S/c1-14-7-8(13)6-11-12-9-4-2-3-5-10(9)15-11/h2-5,8,13H,6-7H2,1H3. The van der Waals surface area contributed by atoms with E-state index in [4.69, 9.17) is 4.74 Å². The van der Waals surface area contributed by atoms with E-state index >= 15 is 0 Å². The van der Waals surface area contributed by atoms with Crippen LogP contribution < -0.4 is 0 Å². The zero-order chi connectivity index (χ0) is 10.7. The van der Waals surface area contributed by atoms with E-state index in [-0.39, 0.29) is 0 Å². The predicted octanol–water partition coefficient (Wildman–Crippen LogP) is 1.85. The second kappa shape index (κ2) is 4.70. The topological polar surface area (TPSA) is 42.4 Å². The first-order chi connectivity index (χ1) is 7.29. The Morgan fingerprint density at radius 1 is 1.47 bits per heavy atom. The van der Waals surface area contributed by atoms with Gasteiger partial charge in [-0.05, 0) is 12.1 Å². The fraction of sp³-hybridized carbons (Fsp3) is 0.364. The molecule has 2 rings (SSSR count). The minimum absolute atomic E-state index is 0.357. The number of aliphatic hydroxyl groups excluding tert-OH is 1. The Morgan fingerprint density at radius 3 is 3.00 bits per heavy atom. The highest BCUT2D eigenvalue weighted by Gasteiger charge is 2.09. The molecule has 0 aliphatic heterocycles. The van der Waals surface area contributed by atoms with Crippen LogP contribution in [0.25, 0.3) is 10.2 Å². The Balaban J connectivity index is 2.15. The van der Waals surface area contributed by atoms with Crippen LogP contribution in [0.5, 0.6) is 0 Å². The molecule has 1 atom stereocenters. The molecule has 1 heterocycles. The third-order valence-electron chi connectivity index (χ3n) is 2.11. The van der Waals surface area contributed by atoms with Crippen LogP contribution in [0, 0.1) is 0 Å². The lowest BCUT2D eigenvalue weighted by Crippen LogP contribution is -2.16. The van der Waals surface area contributed by atoms with Crippen molar-refractivity contribution in [3.8, 4) is 0 Å². The van der Waals surface area contributed by atoms with Gasteiger partial charge >= 0.3 is 0 Å². The maximum absolute atomic E-state index is 9.57. The minimum Gasteiger partial charge on any atom is -0.390 e. The summed E-state index contributed by atoms with van der Waals surface area (Å²) >= 11 is 1.62. The van der Waals surface area contributed by atoms with Gasteiger partial charge in [0.1, 0.15) is 0 Å². The lowest BCUT2D eigenvalue weighted by atomic mass is 10.3. The average Bonchev–Trinajstić information content (AvgIpc) is 2.59. The summed E-state index contributed by atoms with van der Waals surface area (Å²) in [4.78, 5) is 4.44. The highest BCUT2D eigenvalue weighted by atomic mass is 32.1. The number of nitrogens with zero attached hydrogens (tertiary/aromatic N) is 1. The van der Waals surface area contributed by atoms with Gasteiger partial charge in [-0.2, -0.15) is 0 Å². The quantitative estimate of drug-likeness (QED) is 0.860. The number of benzene rings is 1. The summed E-state index contributed by atoms with van der Waals surface area (Å²) in [6.45, 7) is 0.357. The fourth-order valence-electron chi connectivity index (χ4n) is 1.46. The lowest BCUT2D eigenvalue weighted by molar-refractivity contribution is 0.0650. The molecular weight excluding hydrogens is 210 g/mol. The molecule has 1 aromatic carbocycles. The van der Waals surface area contributed by atoms with Crippen molar-refractivity contribution in [3.05, 3.63) is 29.3 Å². The highest BCUT2D eigenvalue weighted by Crippen LogP contribution is 2.22. The molecule has 15 heavy (non-hydrogen) atoms. The largest absolute Gasteiger partial charge is 0.390 e. The normalized spacial score (nSPS) is 13.2. The number of hydrogen-bond acceptors (Lipinski definition) is 4. The van der Waals surface area contributed by atoms with Crippen LogP contribution in [-0.4, -0.2) is 29.9 Å². The molecule has 0 bridgehead atoms. The van der Waals surface area contributed by atoms with E-state index in [9.17, 15) is 5.11 Å². The van der Waals surface area contributed by atoms with Gasteiger partial charge in [-0.15, -0.1) is 11.3 Å². The van der Waals surface area contributed by atoms with Crippen molar-refractivity contribution >= 4 is 21.6 Å². The number of fused-ring (bicyclic) bond motifs is 1. The van der Waals surface area contributed by atoms with Gasteiger partial charge in [0.25, 0.3) is 0 Å². The molecule has 4 heteroatoms. The first-order valence-corrected chi connectivity index (χ1v) is 5.62. The van der Waals surface area contributed by atoms with Crippen LogP contribution in [0.2, 0.25) is 0 Å².